The zero-order chi connectivity index (χ0) is 22.4. The highest BCUT2D eigenvalue weighted by molar-refractivity contribution is 7.90. The quantitative estimate of drug-likeness (QED) is 0.394. The van der Waals surface area contributed by atoms with Crippen molar-refractivity contribution >= 4 is 9.84 Å². The van der Waals surface area contributed by atoms with E-state index >= 15 is 0 Å². The van der Waals surface area contributed by atoms with Gasteiger partial charge in [-0.1, -0.05) is 38.0 Å². The Morgan fingerprint density at radius 3 is 2.32 bits per heavy atom. The van der Waals surface area contributed by atoms with Gasteiger partial charge in [-0.3, -0.25) is 4.98 Å². The number of nitrogens with zero attached hydrogens (tertiary/aromatic N) is 2. The minimum absolute atomic E-state index is 0.387. The first kappa shape index (κ1) is 25.5. The number of sulfone groups is 1. The van der Waals surface area contributed by atoms with E-state index in [1.165, 1.54) is 62.7 Å². The lowest BCUT2D eigenvalue weighted by Gasteiger charge is -2.21. The Morgan fingerprint density at radius 2 is 1.65 bits per heavy atom. The predicted molar refractivity (Wildman–Crippen MR) is 129 cm³/mol. The highest BCUT2D eigenvalue weighted by Gasteiger charge is 2.06. The molecular formula is C25H39N3O2S. The summed E-state index contributed by atoms with van der Waals surface area (Å²) in [6.07, 6.45) is 11.3. The third-order valence-electron chi connectivity index (χ3n) is 5.47. The van der Waals surface area contributed by atoms with Crippen molar-refractivity contribution in [2.45, 2.75) is 56.8 Å². The van der Waals surface area contributed by atoms with Gasteiger partial charge in [-0.2, -0.15) is 0 Å². The van der Waals surface area contributed by atoms with Gasteiger partial charge in [0.25, 0.3) is 0 Å². The van der Waals surface area contributed by atoms with Crippen LogP contribution in [-0.2, 0) is 22.7 Å². The third-order valence-corrected chi connectivity index (χ3v) is 6.60. The lowest BCUT2D eigenvalue weighted by atomic mass is 10.1. The van der Waals surface area contributed by atoms with E-state index in [0.29, 0.717) is 4.90 Å². The van der Waals surface area contributed by atoms with Gasteiger partial charge in [0.2, 0.25) is 0 Å². The second-order valence-corrected chi connectivity index (χ2v) is 10.3. The molecule has 0 unspecified atom stereocenters. The van der Waals surface area contributed by atoms with Crippen LogP contribution in [0.5, 0.6) is 0 Å². The summed E-state index contributed by atoms with van der Waals surface area (Å²) in [4.78, 5) is 7.39. The molecule has 0 bridgehead atoms. The number of unbranched alkanes of at least 4 members (excludes halogenated alkanes) is 3. The lowest BCUT2D eigenvalue weighted by Crippen LogP contribution is -2.28. The Balaban J connectivity index is 1.50. The van der Waals surface area contributed by atoms with Gasteiger partial charge in [-0.05, 0) is 81.7 Å². The lowest BCUT2D eigenvalue weighted by molar-refractivity contribution is 0.269. The molecule has 1 heterocycles. The maximum atomic E-state index is 11.5. The molecule has 5 nitrogen and oxygen atoms in total. The standard InChI is InChI=1S/C25H39N3O2S/c1-3-20-28(22-16-24-10-6-8-18-27-24)21-9-5-4-7-17-26-19-15-23-11-13-25(14-12-23)31(2,29)30/h6,8,10-14,18,26H,3-5,7,9,15-17,19-22H2,1-2H3. The highest BCUT2D eigenvalue weighted by Crippen LogP contribution is 2.10. The van der Waals surface area contributed by atoms with E-state index < -0.39 is 9.84 Å². The summed E-state index contributed by atoms with van der Waals surface area (Å²) in [5.41, 5.74) is 2.35. The molecule has 0 aliphatic heterocycles. The van der Waals surface area contributed by atoms with Crippen molar-refractivity contribution in [2.75, 3.05) is 39.0 Å². The third kappa shape index (κ3) is 10.9. The topological polar surface area (TPSA) is 62.3 Å². The molecule has 2 rings (SSSR count). The second-order valence-electron chi connectivity index (χ2n) is 8.24. The molecular weight excluding hydrogens is 406 g/mol. The Hall–Kier alpha value is -1.76. The summed E-state index contributed by atoms with van der Waals surface area (Å²) in [6.45, 7) is 7.66. The van der Waals surface area contributed by atoms with Crippen molar-refractivity contribution in [3.8, 4) is 0 Å². The number of benzene rings is 1. The first-order valence-electron chi connectivity index (χ1n) is 11.6. The van der Waals surface area contributed by atoms with Crippen LogP contribution in [0.3, 0.4) is 0 Å². The molecule has 0 saturated heterocycles. The van der Waals surface area contributed by atoms with Crippen molar-refractivity contribution in [3.63, 3.8) is 0 Å². The average molecular weight is 446 g/mol. The van der Waals surface area contributed by atoms with Gasteiger partial charge in [0, 0.05) is 31.1 Å². The van der Waals surface area contributed by atoms with E-state index in [1.54, 1.807) is 12.1 Å². The maximum absolute atomic E-state index is 11.5. The van der Waals surface area contributed by atoms with Crippen LogP contribution in [0.25, 0.3) is 0 Å². The summed E-state index contributed by atoms with van der Waals surface area (Å²) in [6, 6.07) is 13.4. The minimum atomic E-state index is -3.11. The van der Waals surface area contributed by atoms with Crippen LogP contribution < -0.4 is 5.32 Å². The van der Waals surface area contributed by atoms with Gasteiger partial charge in [-0.25, -0.2) is 8.42 Å². The molecule has 172 valence electrons. The number of nitrogens with one attached hydrogen (secondary N) is 1. The number of rotatable bonds is 16. The molecule has 31 heavy (non-hydrogen) atoms. The van der Waals surface area contributed by atoms with Crippen LogP contribution >= 0.6 is 0 Å². The summed E-state index contributed by atoms with van der Waals surface area (Å²) >= 11 is 0. The van der Waals surface area contributed by atoms with Gasteiger partial charge in [0.1, 0.15) is 0 Å². The molecule has 0 radical (unpaired) electrons. The predicted octanol–water partition coefficient (Wildman–Crippen LogP) is 4.13. The van der Waals surface area contributed by atoms with Crippen LogP contribution in [0, 0.1) is 0 Å². The molecule has 1 N–H and O–H groups in total. The molecule has 0 fully saturated rings. The van der Waals surface area contributed by atoms with Crippen LogP contribution in [0.4, 0.5) is 0 Å². The van der Waals surface area contributed by atoms with Crippen LogP contribution in [-0.4, -0.2) is 57.3 Å². The molecule has 0 aliphatic carbocycles. The van der Waals surface area contributed by atoms with Crippen LogP contribution in [0.15, 0.2) is 53.6 Å². The molecule has 0 amide bonds. The van der Waals surface area contributed by atoms with Crippen LogP contribution in [0.1, 0.15) is 50.3 Å². The summed E-state index contributed by atoms with van der Waals surface area (Å²) in [5.74, 6) is 0. The normalized spacial score (nSPS) is 11.8. The van der Waals surface area contributed by atoms with Gasteiger partial charge in [-0.15, -0.1) is 0 Å². The van der Waals surface area contributed by atoms with Gasteiger partial charge < -0.3 is 10.2 Å². The van der Waals surface area contributed by atoms with Crippen molar-refractivity contribution in [3.05, 3.63) is 59.9 Å². The van der Waals surface area contributed by atoms with Gasteiger partial charge in [0.15, 0.2) is 9.84 Å². The van der Waals surface area contributed by atoms with Crippen molar-refractivity contribution in [2.24, 2.45) is 0 Å². The fraction of sp³-hybridized carbons (Fsp3) is 0.560. The molecule has 6 heteroatoms. The number of hydrogen-bond acceptors (Lipinski definition) is 5. The summed E-state index contributed by atoms with van der Waals surface area (Å²) < 4.78 is 23.0. The molecule has 2 aromatic rings. The van der Waals surface area contributed by atoms with Crippen molar-refractivity contribution in [1.82, 2.24) is 15.2 Å². The largest absolute Gasteiger partial charge is 0.316 e. The van der Waals surface area contributed by atoms with Gasteiger partial charge in [0.05, 0.1) is 4.90 Å². The first-order valence-corrected chi connectivity index (χ1v) is 13.5. The van der Waals surface area contributed by atoms with Crippen LogP contribution in [0.2, 0.25) is 0 Å². The van der Waals surface area contributed by atoms with Gasteiger partial charge >= 0.3 is 0 Å². The van der Waals surface area contributed by atoms with E-state index in [9.17, 15) is 8.42 Å². The smallest absolute Gasteiger partial charge is 0.175 e. The fourth-order valence-electron chi connectivity index (χ4n) is 3.67. The Labute approximate surface area is 189 Å². The SMILES string of the molecule is CCCN(CCCCCCNCCc1ccc(S(C)(=O)=O)cc1)CCc1ccccn1. The van der Waals surface area contributed by atoms with E-state index in [0.717, 1.165) is 32.5 Å². The highest BCUT2D eigenvalue weighted by atomic mass is 32.2. The molecule has 1 aromatic heterocycles. The Bertz CT molecular complexity index is 824. The Morgan fingerprint density at radius 1 is 0.871 bits per heavy atom. The number of aromatic nitrogens is 1. The average Bonchev–Trinajstić information content (AvgIpc) is 2.76. The zero-order valence-electron chi connectivity index (χ0n) is 19.2. The van der Waals surface area contributed by atoms with E-state index in [-0.39, 0.29) is 0 Å². The molecule has 1 aromatic carbocycles. The first-order chi connectivity index (χ1) is 15.0. The zero-order valence-corrected chi connectivity index (χ0v) is 20.0. The molecule has 0 saturated carbocycles. The number of hydrogen-bond donors (Lipinski definition) is 1. The van der Waals surface area contributed by atoms with E-state index in [4.69, 9.17) is 0 Å². The molecule has 0 atom stereocenters. The number of pyridine rings is 1. The monoisotopic (exact) mass is 445 g/mol. The Kier molecular flexibility index (Phi) is 11.8. The van der Waals surface area contributed by atoms with Crippen molar-refractivity contribution < 1.29 is 8.42 Å². The maximum Gasteiger partial charge on any atom is 0.175 e. The summed E-state index contributed by atoms with van der Waals surface area (Å²) in [5, 5.41) is 3.50. The fourth-order valence-corrected chi connectivity index (χ4v) is 4.30. The van der Waals surface area contributed by atoms with Crippen molar-refractivity contribution in [1.29, 1.82) is 0 Å². The molecule has 0 aliphatic rings. The molecule has 0 spiro atoms. The second kappa shape index (κ2) is 14.3. The van der Waals surface area contributed by atoms with E-state index in [1.807, 2.05) is 24.4 Å². The minimum Gasteiger partial charge on any atom is -0.316 e. The van der Waals surface area contributed by atoms with E-state index in [2.05, 4.69) is 34.3 Å². The summed E-state index contributed by atoms with van der Waals surface area (Å²) in [7, 11) is -3.11.